The first-order valence-electron chi connectivity index (χ1n) is 8.27. The fourth-order valence-corrected chi connectivity index (χ4v) is 2.43. The monoisotopic (exact) mass is 352 g/mol. The van der Waals surface area contributed by atoms with Crippen LogP contribution in [0.5, 0.6) is 0 Å². The number of benzene rings is 1. The van der Waals surface area contributed by atoms with Crippen molar-refractivity contribution in [3.05, 3.63) is 47.7 Å². The van der Waals surface area contributed by atoms with E-state index in [1.807, 2.05) is 44.2 Å². The maximum atomic E-state index is 12.2. The number of esters is 1. The van der Waals surface area contributed by atoms with E-state index < -0.39 is 5.97 Å². The molecule has 0 radical (unpaired) electrons. The summed E-state index contributed by atoms with van der Waals surface area (Å²) < 4.78 is 6.55. The molecule has 0 amide bonds. The van der Waals surface area contributed by atoms with Crippen molar-refractivity contribution in [2.75, 3.05) is 12.5 Å². The number of pyridine rings is 1. The number of carbonyl (C=O) groups excluding carboxylic acids is 1. The van der Waals surface area contributed by atoms with Crippen LogP contribution in [0, 0.1) is 0 Å². The second kappa shape index (κ2) is 7.73. The summed E-state index contributed by atoms with van der Waals surface area (Å²) in [5.41, 5.74) is 6.21. The van der Waals surface area contributed by atoms with Gasteiger partial charge in [0.25, 0.3) is 0 Å². The second-order valence-electron chi connectivity index (χ2n) is 5.75. The molecule has 0 aliphatic heterocycles. The van der Waals surface area contributed by atoms with E-state index in [1.165, 1.54) is 13.3 Å². The number of rotatable bonds is 6. The number of hydrogen-bond donors (Lipinski definition) is 1. The lowest BCUT2D eigenvalue weighted by Crippen LogP contribution is -2.09. The Morgan fingerprint density at radius 3 is 2.77 bits per heavy atom. The van der Waals surface area contributed by atoms with E-state index in [4.69, 9.17) is 4.74 Å². The molecule has 0 fully saturated rings. The number of hydrogen-bond acceptors (Lipinski definition) is 7. The van der Waals surface area contributed by atoms with Crippen LogP contribution in [0.1, 0.15) is 36.2 Å². The van der Waals surface area contributed by atoms with Gasteiger partial charge in [-0.25, -0.2) is 14.5 Å². The van der Waals surface area contributed by atoms with Crippen LogP contribution in [0.15, 0.2) is 41.6 Å². The number of carbonyl (C=O) groups is 1. The standard InChI is InChI=1S/C18H20N6O2/c1-4-12(2)20-22-17-15-16(14(10-19-17)18(25)26-3)24(23-21-15)11-13-8-6-5-7-9-13/h5-10H,4,11H2,1-3H3,(H,19,22)/b20-12+. The molecule has 0 unspecified atom stereocenters. The van der Waals surface area contributed by atoms with Gasteiger partial charge in [-0.05, 0) is 18.9 Å². The lowest BCUT2D eigenvalue weighted by atomic mass is 10.2. The van der Waals surface area contributed by atoms with E-state index in [1.54, 1.807) is 4.68 Å². The van der Waals surface area contributed by atoms with Crippen LogP contribution in [-0.2, 0) is 11.3 Å². The van der Waals surface area contributed by atoms with Gasteiger partial charge in [-0.3, -0.25) is 5.43 Å². The Balaban J connectivity index is 2.09. The van der Waals surface area contributed by atoms with E-state index in [2.05, 4.69) is 25.8 Å². The van der Waals surface area contributed by atoms with Crippen LogP contribution in [0.25, 0.3) is 11.0 Å². The molecule has 1 N–H and O–H groups in total. The van der Waals surface area contributed by atoms with Crippen LogP contribution in [-0.4, -0.2) is 38.8 Å². The van der Waals surface area contributed by atoms with Gasteiger partial charge in [-0.2, -0.15) is 5.10 Å². The van der Waals surface area contributed by atoms with E-state index >= 15 is 0 Å². The zero-order valence-electron chi connectivity index (χ0n) is 14.9. The van der Waals surface area contributed by atoms with E-state index in [-0.39, 0.29) is 0 Å². The first kappa shape index (κ1) is 17.5. The smallest absolute Gasteiger partial charge is 0.341 e. The van der Waals surface area contributed by atoms with Gasteiger partial charge < -0.3 is 4.74 Å². The Morgan fingerprint density at radius 2 is 2.08 bits per heavy atom. The van der Waals surface area contributed by atoms with Crippen LogP contribution >= 0.6 is 0 Å². The summed E-state index contributed by atoms with van der Waals surface area (Å²) in [6.45, 7) is 4.40. The highest BCUT2D eigenvalue weighted by Gasteiger charge is 2.20. The third-order valence-corrected chi connectivity index (χ3v) is 3.98. The van der Waals surface area contributed by atoms with Gasteiger partial charge >= 0.3 is 5.97 Å². The molecule has 0 aliphatic rings. The number of nitrogens with zero attached hydrogens (tertiary/aromatic N) is 5. The lowest BCUT2D eigenvalue weighted by Gasteiger charge is -2.08. The predicted octanol–water partition coefficient (Wildman–Crippen LogP) is 2.86. The zero-order chi connectivity index (χ0) is 18.5. The molecule has 1 aromatic carbocycles. The van der Waals surface area contributed by atoms with Gasteiger partial charge in [0, 0.05) is 11.9 Å². The van der Waals surface area contributed by atoms with Crippen LogP contribution in [0.2, 0.25) is 0 Å². The van der Waals surface area contributed by atoms with Crippen molar-refractivity contribution < 1.29 is 9.53 Å². The van der Waals surface area contributed by atoms with Crippen molar-refractivity contribution in [2.45, 2.75) is 26.8 Å². The molecule has 3 rings (SSSR count). The fourth-order valence-electron chi connectivity index (χ4n) is 2.43. The van der Waals surface area contributed by atoms with E-state index in [0.717, 1.165) is 17.7 Å². The average molecular weight is 352 g/mol. The highest BCUT2D eigenvalue weighted by Crippen LogP contribution is 2.24. The number of methoxy groups -OCH3 is 1. The summed E-state index contributed by atoms with van der Waals surface area (Å²) in [4.78, 5) is 16.4. The Morgan fingerprint density at radius 1 is 1.31 bits per heavy atom. The highest BCUT2D eigenvalue weighted by molar-refractivity contribution is 6.04. The van der Waals surface area contributed by atoms with Gasteiger partial charge in [0.05, 0.1) is 13.7 Å². The molecule has 0 saturated heterocycles. The van der Waals surface area contributed by atoms with Crippen LogP contribution < -0.4 is 5.43 Å². The summed E-state index contributed by atoms with van der Waals surface area (Å²) >= 11 is 0. The summed E-state index contributed by atoms with van der Waals surface area (Å²) in [6, 6.07) is 9.82. The van der Waals surface area contributed by atoms with Crippen molar-refractivity contribution in [1.29, 1.82) is 0 Å². The molecule has 0 bridgehead atoms. The van der Waals surface area contributed by atoms with Gasteiger partial charge in [0.1, 0.15) is 11.1 Å². The quantitative estimate of drug-likeness (QED) is 0.416. The molecule has 26 heavy (non-hydrogen) atoms. The minimum absolute atomic E-state index is 0.310. The molecular weight excluding hydrogens is 332 g/mol. The Hall–Kier alpha value is -3.29. The molecule has 3 aromatic rings. The summed E-state index contributed by atoms with van der Waals surface area (Å²) in [5.74, 6) is -0.0429. The Kier molecular flexibility index (Phi) is 5.21. The number of hydrazone groups is 1. The normalized spacial score (nSPS) is 11.6. The zero-order valence-corrected chi connectivity index (χ0v) is 14.9. The van der Waals surface area contributed by atoms with Crippen LogP contribution in [0.3, 0.4) is 0 Å². The van der Waals surface area contributed by atoms with E-state index in [0.29, 0.717) is 29.0 Å². The molecule has 134 valence electrons. The maximum absolute atomic E-state index is 12.2. The largest absolute Gasteiger partial charge is 0.465 e. The number of anilines is 1. The molecule has 2 aromatic heterocycles. The topological polar surface area (TPSA) is 94.3 Å². The van der Waals surface area contributed by atoms with Crippen molar-refractivity contribution in [3.63, 3.8) is 0 Å². The number of aromatic nitrogens is 4. The van der Waals surface area contributed by atoms with Crippen molar-refractivity contribution >= 4 is 28.5 Å². The van der Waals surface area contributed by atoms with Crippen LogP contribution in [0.4, 0.5) is 5.82 Å². The third-order valence-electron chi connectivity index (χ3n) is 3.98. The SMILES string of the molecule is CC/C(C)=N/Nc1ncc(C(=O)OC)c2c1nnn2Cc1ccccc1. The van der Waals surface area contributed by atoms with E-state index in [9.17, 15) is 4.79 Å². The Bertz CT molecular complexity index is 949. The lowest BCUT2D eigenvalue weighted by molar-refractivity contribution is 0.0602. The molecular formula is C18H20N6O2. The van der Waals surface area contributed by atoms with Gasteiger partial charge in [0.15, 0.2) is 11.3 Å². The second-order valence-corrected chi connectivity index (χ2v) is 5.75. The Labute approximate surface area is 150 Å². The molecule has 0 spiro atoms. The number of fused-ring (bicyclic) bond motifs is 1. The van der Waals surface area contributed by atoms with Gasteiger partial charge in [-0.1, -0.05) is 42.5 Å². The van der Waals surface area contributed by atoms with Gasteiger partial charge in [-0.15, -0.1) is 5.10 Å². The first-order valence-corrected chi connectivity index (χ1v) is 8.27. The molecule has 2 heterocycles. The van der Waals surface area contributed by atoms with Gasteiger partial charge in [0.2, 0.25) is 0 Å². The van der Waals surface area contributed by atoms with Crippen molar-refractivity contribution in [1.82, 2.24) is 20.0 Å². The summed E-state index contributed by atoms with van der Waals surface area (Å²) in [6.07, 6.45) is 2.27. The molecule has 8 heteroatoms. The predicted molar refractivity (Wildman–Crippen MR) is 99.2 cm³/mol. The van der Waals surface area contributed by atoms with Crippen molar-refractivity contribution in [3.8, 4) is 0 Å². The highest BCUT2D eigenvalue weighted by atomic mass is 16.5. The maximum Gasteiger partial charge on any atom is 0.341 e. The first-order chi connectivity index (χ1) is 12.6. The third kappa shape index (κ3) is 3.53. The molecule has 8 nitrogen and oxygen atoms in total. The number of nitrogens with one attached hydrogen (secondary N) is 1. The molecule has 0 aliphatic carbocycles. The molecule has 0 saturated carbocycles. The minimum atomic E-state index is -0.487. The average Bonchev–Trinajstić information content (AvgIpc) is 3.10. The fraction of sp³-hybridized carbons (Fsp3) is 0.278. The summed E-state index contributed by atoms with van der Waals surface area (Å²) in [7, 11) is 1.33. The summed E-state index contributed by atoms with van der Waals surface area (Å²) in [5, 5.41) is 12.7. The number of ether oxygens (including phenoxy) is 1. The molecule has 0 atom stereocenters. The van der Waals surface area contributed by atoms with Crippen molar-refractivity contribution in [2.24, 2.45) is 5.10 Å². The minimum Gasteiger partial charge on any atom is -0.465 e.